The van der Waals surface area contributed by atoms with E-state index in [0.717, 1.165) is 11.4 Å². The monoisotopic (exact) mass is 282 g/mol. The zero-order chi connectivity index (χ0) is 14.8. The minimum Gasteiger partial charge on any atom is -0.399 e. The molecule has 2 aliphatic rings. The molecule has 104 valence electrons. The molecular formula is C20H14N2. The molecule has 0 spiro atoms. The van der Waals surface area contributed by atoms with Gasteiger partial charge in [-0.25, -0.2) is 0 Å². The van der Waals surface area contributed by atoms with Crippen LogP contribution in [0.25, 0.3) is 34.4 Å². The second-order valence-electron chi connectivity index (χ2n) is 5.97. The summed E-state index contributed by atoms with van der Waals surface area (Å²) in [5, 5.41) is 2.57. The first-order valence-electron chi connectivity index (χ1n) is 7.37. The van der Waals surface area contributed by atoms with Gasteiger partial charge in [0.25, 0.3) is 0 Å². The number of hydrogen-bond donors (Lipinski definition) is 2. The molecule has 2 nitrogen and oxygen atoms in total. The maximum atomic E-state index is 5.92. The Labute approximate surface area is 128 Å². The van der Waals surface area contributed by atoms with Crippen LogP contribution in [-0.4, -0.2) is 0 Å². The summed E-state index contributed by atoms with van der Waals surface area (Å²) in [6.45, 7) is 0. The second kappa shape index (κ2) is 3.80. The van der Waals surface area contributed by atoms with Crippen LogP contribution in [0.5, 0.6) is 0 Å². The van der Waals surface area contributed by atoms with Crippen molar-refractivity contribution >= 4 is 23.5 Å². The van der Waals surface area contributed by atoms with Crippen LogP contribution < -0.4 is 21.9 Å². The Bertz CT molecular complexity index is 1000. The van der Waals surface area contributed by atoms with Crippen LogP contribution in [0.1, 0.15) is 11.1 Å². The lowest BCUT2D eigenvalue weighted by atomic mass is 10.00. The molecule has 0 bridgehead atoms. The molecule has 0 saturated heterocycles. The van der Waals surface area contributed by atoms with E-state index in [1.807, 2.05) is 24.3 Å². The van der Waals surface area contributed by atoms with Crippen molar-refractivity contribution in [3.63, 3.8) is 0 Å². The standard InChI is InChI=1S/C20H14N2/c21-13-1-3-15-11(7-13)9-19-17(15)5-6-18-16-4-2-14(22)8-12(16)10-20(18)19/h1-10H,21-22H2. The normalized spacial score (nSPS) is 12.7. The van der Waals surface area contributed by atoms with Gasteiger partial charge in [0, 0.05) is 11.4 Å². The smallest absolute Gasteiger partial charge is 0.0320 e. The summed E-state index contributed by atoms with van der Waals surface area (Å²) in [6.07, 6.45) is 4.48. The molecule has 0 aliphatic heterocycles. The average molecular weight is 282 g/mol. The number of rotatable bonds is 0. The van der Waals surface area contributed by atoms with Gasteiger partial charge in [-0.05, 0) is 80.2 Å². The fourth-order valence-electron chi connectivity index (χ4n) is 3.62. The van der Waals surface area contributed by atoms with Crippen molar-refractivity contribution in [2.75, 3.05) is 11.5 Å². The highest BCUT2D eigenvalue weighted by Gasteiger charge is 2.18. The lowest BCUT2D eigenvalue weighted by Gasteiger charge is -2.04. The van der Waals surface area contributed by atoms with Gasteiger partial charge in [0.2, 0.25) is 0 Å². The van der Waals surface area contributed by atoms with Crippen molar-refractivity contribution in [3.8, 4) is 22.3 Å². The van der Waals surface area contributed by atoms with Crippen molar-refractivity contribution in [2.24, 2.45) is 0 Å². The van der Waals surface area contributed by atoms with E-state index in [1.54, 1.807) is 0 Å². The molecule has 4 N–H and O–H groups in total. The molecule has 0 unspecified atom stereocenters. The van der Waals surface area contributed by atoms with Gasteiger partial charge in [-0.2, -0.15) is 0 Å². The fraction of sp³-hybridized carbons (Fsp3) is 0. The zero-order valence-corrected chi connectivity index (χ0v) is 11.9. The lowest BCUT2D eigenvalue weighted by Crippen LogP contribution is -2.25. The molecule has 0 amide bonds. The molecule has 0 radical (unpaired) electrons. The summed E-state index contributed by atoms with van der Waals surface area (Å²) >= 11 is 0. The number of anilines is 2. The van der Waals surface area contributed by atoms with E-state index in [-0.39, 0.29) is 0 Å². The van der Waals surface area contributed by atoms with Crippen molar-refractivity contribution in [1.82, 2.24) is 0 Å². The third kappa shape index (κ3) is 1.39. The third-order valence-corrected chi connectivity index (χ3v) is 4.62. The largest absolute Gasteiger partial charge is 0.399 e. The average Bonchev–Trinajstić information content (AvgIpc) is 3.03. The maximum Gasteiger partial charge on any atom is 0.0320 e. The van der Waals surface area contributed by atoms with Crippen molar-refractivity contribution in [3.05, 3.63) is 70.1 Å². The minimum atomic E-state index is 0.805. The van der Waals surface area contributed by atoms with E-state index >= 15 is 0 Å². The van der Waals surface area contributed by atoms with Crippen LogP contribution in [0.15, 0.2) is 48.5 Å². The predicted molar refractivity (Wildman–Crippen MR) is 92.5 cm³/mol. The Morgan fingerprint density at radius 3 is 1.36 bits per heavy atom. The molecule has 0 fully saturated rings. The minimum absolute atomic E-state index is 0.805. The quantitative estimate of drug-likeness (QED) is 0.429. The van der Waals surface area contributed by atoms with Gasteiger partial charge in [-0.3, -0.25) is 0 Å². The Morgan fingerprint density at radius 1 is 0.500 bits per heavy atom. The van der Waals surface area contributed by atoms with Crippen molar-refractivity contribution in [2.45, 2.75) is 0 Å². The maximum absolute atomic E-state index is 5.92. The molecule has 2 aliphatic carbocycles. The molecule has 0 saturated carbocycles. The number of benzene rings is 3. The summed E-state index contributed by atoms with van der Waals surface area (Å²) in [5.41, 5.74) is 20.9. The number of nitrogen functional groups attached to an aromatic ring is 2. The van der Waals surface area contributed by atoms with Gasteiger partial charge in [0.05, 0.1) is 0 Å². The second-order valence-corrected chi connectivity index (χ2v) is 5.97. The van der Waals surface area contributed by atoms with E-state index in [2.05, 4.69) is 36.4 Å². The molecular weight excluding hydrogens is 268 g/mol. The molecule has 5 rings (SSSR count). The topological polar surface area (TPSA) is 52.0 Å². The Kier molecular flexibility index (Phi) is 2.01. The lowest BCUT2D eigenvalue weighted by molar-refractivity contribution is 1.54. The fourth-order valence-corrected chi connectivity index (χ4v) is 3.62. The van der Waals surface area contributed by atoms with Crippen LogP contribution in [0.3, 0.4) is 0 Å². The molecule has 0 atom stereocenters. The zero-order valence-electron chi connectivity index (χ0n) is 11.9. The van der Waals surface area contributed by atoms with Crippen molar-refractivity contribution < 1.29 is 0 Å². The first kappa shape index (κ1) is 11.6. The van der Waals surface area contributed by atoms with E-state index in [0.29, 0.717) is 0 Å². The van der Waals surface area contributed by atoms with Gasteiger partial charge in [0.15, 0.2) is 0 Å². The molecule has 3 aromatic carbocycles. The first-order chi connectivity index (χ1) is 10.7. The number of fused-ring (bicyclic) bond motifs is 7. The van der Waals surface area contributed by atoms with E-state index < -0.39 is 0 Å². The van der Waals surface area contributed by atoms with Crippen molar-refractivity contribution in [1.29, 1.82) is 0 Å². The Hall–Kier alpha value is -3.00. The number of nitrogens with two attached hydrogens (primary N) is 2. The van der Waals surface area contributed by atoms with Gasteiger partial charge in [-0.15, -0.1) is 0 Å². The van der Waals surface area contributed by atoms with E-state index in [4.69, 9.17) is 11.5 Å². The highest BCUT2D eigenvalue weighted by atomic mass is 14.5. The van der Waals surface area contributed by atoms with Gasteiger partial charge in [0.1, 0.15) is 0 Å². The summed E-state index contributed by atoms with van der Waals surface area (Å²) in [6, 6.07) is 16.7. The SMILES string of the molecule is Nc1ccc2c(c1)C=c1c-2ccc2c1=Cc1cc(N)ccc1-2. The molecule has 0 aromatic heterocycles. The molecule has 22 heavy (non-hydrogen) atoms. The van der Waals surface area contributed by atoms with Gasteiger partial charge in [-0.1, -0.05) is 24.3 Å². The first-order valence-corrected chi connectivity index (χ1v) is 7.37. The highest BCUT2D eigenvalue weighted by Crippen LogP contribution is 2.32. The summed E-state index contributed by atoms with van der Waals surface area (Å²) in [4.78, 5) is 0. The summed E-state index contributed by atoms with van der Waals surface area (Å²) in [5.74, 6) is 0. The molecule has 2 heteroatoms. The Morgan fingerprint density at radius 2 is 0.909 bits per heavy atom. The molecule has 0 heterocycles. The highest BCUT2D eigenvalue weighted by molar-refractivity contribution is 5.91. The van der Waals surface area contributed by atoms with Crippen LogP contribution in [0.4, 0.5) is 11.4 Å². The summed E-state index contributed by atoms with van der Waals surface area (Å²) in [7, 11) is 0. The summed E-state index contributed by atoms with van der Waals surface area (Å²) < 4.78 is 0. The van der Waals surface area contributed by atoms with E-state index in [1.165, 1.54) is 43.8 Å². The predicted octanol–water partition coefficient (Wildman–Crippen LogP) is 2.47. The Balaban J connectivity index is 1.87. The van der Waals surface area contributed by atoms with Crippen LogP contribution >= 0.6 is 0 Å². The van der Waals surface area contributed by atoms with Crippen LogP contribution in [0.2, 0.25) is 0 Å². The van der Waals surface area contributed by atoms with Crippen LogP contribution in [0, 0.1) is 0 Å². The van der Waals surface area contributed by atoms with Crippen LogP contribution in [-0.2, 0) is 0 Å². The van der Waals surface area contributed by atoms with E-state index in [9.17, 15) is 0 Å². The van der Waals surface area contributed by atoms with Gasteiger partial charge >= 0.3 is 0 Å². The number of hydrogen-bond acceptors (Lipinski definition) is 2. The third-order valence-electron chi connectivity index (χ3n) is 4.62. The van der Waals surface area contributed by atoms with Gasteiger partial charge < -0.3 is 11.5 Å². The molecule has 3 aromatic rings.